The van der Waals surface area contributed by atoms with E-state index < -0.39 is 5.92 Å². The van der Waals surface area contributed by atoms with Gasteiger partial charge in [-0.05, 0) is 19.3 Å². The van der Waals surface area contributed by atoms with E-state index in [0.29, 0.717) is 13.0 Å². The molecule has 2 amide bonds. The van der Waals surface area contributed by atoms with E-state index in [1.165, 1.54) is 4.90 Å². The Balaban J connectivity index is 2.02. The molecule has 0 radical (unpaired) electrons. The molecule has 1 aliphatic carbocycles. The molecule has 4 nitrogen and oxygen atoms in total. The van der Waals surface area contributed by atoms with Gasteiger partial charge in [0.1, 0.15) is 5.92 Å². The summed E-state index contributed by atoms with van der Waals surface area (Å²) in [7, 11) is 0. The number of hydrogen-bond donors (Lipinski definition) is 0. The van der Waals surface area contributed by atoms with Gasteiger partial charge in [-0.2, -0.15) is 5.26 Å². The van der Waals surface area contributed by atoms with Gasteiger partial charge < -0.3 is 0 Å². The number of carbonyl (C=O) groups is 2. The molecule has 1 atom stereocenters. The van der Waals surface area contributed by atoms with Gasteiger partial charge >= 0.3 is 0 Å². The molecule has 0 spiro atoms. The monoisotopic (exact) mass is 192 g/mol. The van der Waals surface area contributed by atoms with Gasteiger partial charge in [0.2, 0.25) is 11.8 Å². The maximum atomic E-state index is 11.7. The minimum Gasteiger partial charge on any atom is -0.281 e. The van der Waals surface area contributed by atoms with Crippen LogP contribution in [0.5, 0.6) is 0 Å². The zero-order chi connectivity index (χ0) is 10.1. The van der Waals surface area contributed by atoms with Crippen molar-refractivity contribution in [1.82, 2.24) is 4.90 Å². The Morgan fingerprint density at radius 1 is 1.43 bits per heavy atom. The summed E-state index contributed by atoms with van der Waals surface area (Å²) in [5, 5.41) is 8.64. The van der Waals surface area contributed by atoms with Crippen LogP contribution >= 0.6 is 0 Å². The molecule has 0 N–H and O–H groups in total. The summed E-state index contributed by atoms with van der Waals surface area (Å²) in [4.78, 5) is 24.5. The molecule has 1 heterocycles. The number of amides is 2. The fraction of sp³-hybridized carbons (Fsp3) is 0.700. The van der Waals surface area contributed by atoms with E-state index in [-0.39, 0.29) is 17.7 Å². The summed E-state index contributed by atoms with van der Waals surface area (Å²) in [5.74, 6) is -0.876. The maximum absolute atomic E-state index is 11.7. The Morgan fingerprint density at radius 3 is 2.57 bits per heavy atom. The van der Waals surface area contributed by atoms with E-state index in [4.69, 9.17) is 5.26 Å². The van der Waals surface area contributed by atoms with Gasteiger partial charge in [-0.25, -0.2) is 0 Å². The first kappa shape index (κ1) is 9.20. The normalized spacial score (nSPS) is 27.2. The first-order valence-electron chi connectivity index (χ1n) is 4.99. The number of imide groups is 1. The molecule has 74 valence electrons. The van der Waals surface area contributed by atoms with Crippen LogP contribution in [-0.4, -0.2) is 23.3 Å². The Morgan fingerprint density at radius 2 is 2.14 bits per heavy atom. The first-order chi connectivity index (χ1) is 6.74. The third-order valence-corrected chi connectivity index (χ3v) is 3.08. The summed E-state index contributed by atoms with van der Waals surface area (Å²) in [6, 6.07) is 1.93. The van der Waals surface area contributed by atoms with E-state index in [9.17, 15) is 9.59 Å². The van der Waals surface area contributed by atoms with Gasteiger partial charge in [-0.15, -0.1) is 0 Å². The summed E-state index contributed by atoms with van der Waals surface area (Å²) < 4.78 is 0. The molecular formula is C10H12N2O2. The summed E-state index contributed by atoms with van der Waals surface area (Å²) in [5.41, 5.74) is 0. The number of hydrogen-bond acceptors (Lipinski definition) is 3. The largest absolute Gasteiger partial charge is 0.281 e. The molecule has 2 fully saturated rings. The molecule has 1 aliphatic heterocycles. The third-order valence-electron chi connectivity index (χ3n) is 3.08. The van der Waals surface area contributed by atoms with Crippen LogP contribution in [0.1, 0.15) is 25.7 Å². The molecule has 4 heteroatoms. The van der Waals surface area contributed by atoms with Crippen molar-refractivity contribution in [2.24, 2.45) is 11.8 Å². The Labute approximate surface area is 82.5 Å². The van der Waals surface area contributed by atoms with Gasteiger partial charge in [0.25, 0.3) is 0 Å². The Hall–Kier alpha value is -1.37. The van der Waals surface area contributed by atoms with Crippen LogP contribution in [0.4, 0.5) is 0 Å². The molecule has 0 unspecified atom stereocenters. The van der Waals surface area contributed by atoms with E-state index in [1.807, 2.05) is 6.07 Å². The lowest BCUT2D eigenvalue weighted by Gasteiger charge is -2.27. The van der Waals surface area contributed by atoms with E-state index in [2.05, 4.69) is 0 Å². The zero-order valence-electron chi connectivity index (χ0n) is 7.90. The lowest BCUT2D eigenvalue weighted by molar-refractivity contribution is -0.147. The van der Waals surface area contributed by atoms with Crippen LogP contribution in [-0.2, 0) is 9.59 Å². The molecule has 1 saturated carbocycles. The van der Waals surface area contributed by atoms with Crippen LogP contribution in [0.25, 0.3) is 0 Å². The van der Waals surface area contributed by atoms with Crippen LogP contribution in [0.3, 0.4) is 0 Å². The predicted octanol–water partition coefficient (Wildman–Crippen LogP) is 0.685. The second kappa shape index (κ2) is 3.41. The van der Waals surface area contributed by atoms with E-state index >= 15 is 0 Å². The van der Waals surface area contributed by atoms with Crippen molar-refractivity contribution < 1.29 is 9.59 Å². The standard InChI is InChI=1S/C10H12N2O2/c11-6-8-4-5-12(10(8)14)9(13)7-2-1-3-7/h7-8H,1-5H2/t8-/m1/s1. The average molecular weight is 192 g/mol. The molecule has 0 aromatic heterocycles. The Kier molecular flexibility index (Phi) is 2.24. The fourth-order valence-electron chi connectivity index (χ4n) is 1.89. The summed E-state index contributed by atoms with van der Waals surface area (Å²) in [6.45, 7) is 0.437. The van der Waals surface area contributed by atoms with Crippen molar-refractivity contribution in [2.75, 3.05) is 6.54 Å². The zero-order valence-corrected chi connectivity index (χ0v) is 7.90. The second-order valence-electron chi connectivity index (χ2n) is 3.93. The van der Waals surface area contributed by atoms with Gasteiger partial charge in [0, 0.05) is 12.5 Å². The van der Waals surface area contributed by atoms with Crippen LogP contribution in [0.15, 0.2) is 0 Å². The van der Waals surface area contributed by atoms with Gasteiger partial charge in [-0.3, -0.25) is 14.5 Å². The average Bonchev–Trinajstić information content (AvgIpc) is 2.43. The van der Waals surface area contributed by atoms with Gasteiger partial charge in [0.05, 0.1) is 6.07 Å². The second-order valence-corrected chi connectivity index (χ2v) is 3.93. The van der Waals surface area contributed by atoms with Crippen molar-refractivity contribution in [3.05, 3.63) is 0 Å². The van der Waals surface area contributed by atoms with Crippen molar-refractivity contribution in [3.8, 4) is 6.07 Å². The molecule has 0 aromatic rings. The van der Waals surface area contributed by atoms with Crippen LogP contribution < -0.4 is 0 Å². The predicted molar refractivity (Wildman–Crippen MR) is 47.8 cm³/mol. The highest BCUT2D eigenvalue weighted by Crippen LogP contribution is 2.30. The smallest absolute Gasteiger partial charge is 0.246 e. The maximum Gasteiger partial charge on any atom is 0.246 e. The molecule has 1 saturated heterocycles. The lowest BCUT2D eigenvalue weighted by Crippen LogP contribution is -2.40. The third kappa shape index (κ3) is 1.29. The molecule has 14 heavy (non-hydrogen) atoms. The van der Waals surface area contributed by atoms with Crippen molar-refractivity contribution in [1.29, 1.82) is 5.26 Å². The van der Waals surface area contributed by atoms with E-state index in [0.717, 1.165) is 19.3 Å². The summed E-state index contributed by atoms with van der Waals surface area (Å²) in [6.07, 6.45) is 3.40. The molecule has 2 aliphatic rings. The first-order valence-corrected chi connectivity index (χ1v) is 4.99. The molecule has 0 bridgehead atoms. The lowest BCUT2D eigenvalue weighted by atomic mass is 9.84. The summed E-state index contributed by atoms with van der Waals surface area (Å²) >= 11 is 0. The van der Waals surface area contributed by atoms with E-state index in [1.54, 1.807) is 0 Å². The fourth-order valence-corrected chi connectivity index (χ4v) is 1.89. The quantitative estimate of drug-likeness (QED) is 0.574. The van der Waals surface area contributed by atoms with Crippen LogP contribution in [0, 0.1) is 23.2 Å². The Bertz CT molecular complexity index is 315. The number of nitriles is 1. The number of nitrogens with zero attached hydrogens (tertiary/aromatic N) is 2. The number of carbonyl (C=O) groups excluding carboxylic acids is 2. The minimum atomic E-state index is -0.584. The van der Waals surface area contributed by atoms with Crippen LogP contribution in [0.2, 0.25) is 0 Å². The molecule has 2 rings (SSSR count). The highest BCUT2D eigenvalue weighted by molar-refractivity contribution is 6.00. The van der Waals surface area contributed by atoms with Crippen molar-refractivity contribution in [3.63, 3.8) is 0 Å². The van der Waals surface area contributed by atoms with Gasteiger partial charge in [0.15, 0.2) is 0 Å². The number of likely N-dealkylation sites (tertiary alicyclic amines) is 1. The minimum absolute atomic E-state index is 0.0522. The highest BCUT2D eigenvalue weighted by Gasteiger charge is 2.39. The highest BCUT2D eigenvalue weighted by atomic mass is 16.2. The topological polar surface area (TPSA) is 61.2 Å². The molecule has 0 aromatic carbocycles. The number of rotatable bonds is 1. The SMILES string of the molecule is N#C[C@H]1CCN(C(=O)C2CCC2)C1=O. The van der Waals surface area contributed by atoms with Gasteiger partial charge in [-0.1, -0.05) is 6.42 Å². The molecular weight excluding hydrogens is 180 g/mol. The van der Waals surface area contributed by atoms with Crippen molar-refractivity contribution >= 4 is 11.8 Å². The van der Waals surface area contributed by atoms with Crippen molar-refractivity contribution in [2.45, 2.75) is 25.7 Å².